The van der Waals surface area contributed by atoms with Crippen LogP contribution in [0.1, 0.15) is 53.4 Å². The maximum Gasteiger partial charge on any atom is 0.0421 e. The summed E-state index contributed by atoms with van der Waals surface area (Å²) in [6.07, 6.45) is 7.23. The van der Waals surface area contributed by atoms with Crippen molar-refractivity contribution in [3.05, 3.63) is 11.6 Å². The summed E-state index contributed by atoms with van der Waals surface area (Å²) in [5, 5.41) is 0. The number of hydrogen-bond donors (Lipinski definition) is 2. The molecule has 14 heavy (non-hydrogen) atoms. The van der Waals surface area contributed by atoms with E-state index in [4.69, 9.17) is 5.84 Å². The van der Waals surface area contributed by atoms with Crippen LogP contribution in [-0.2, 0) is 0 Å². The van der Waals surface area contributed by atoms with Gasteiger partial charge in [0, 0.05) is 6.04 Å². The van der Waals surface area contributed by atoms with Gasteiger partial charge in [-0.2, -0.15) is 0 Å². The van der Waals surface area contributed by atoms with E-state index in [1.165, 1.54) is 31.3 Å². The summed E-state index contributed by atoms with van der Waals surface area (Å²) >= 11 is 0. The van der Waals surface area contributed by atoms with Crippen molar-refractivity contribution in [3.8, 4) is 0 Å². The highest BCUT2D eigenvalue weighted by Crippen LogP contribution is 2.19. The van der Waals surface area contributed by atoms with E-state index in [0.717, 1.165) is 0 Å². The van der Waals surface area contributed by atoms with Crippen LogP contribution in [0.4, 0.5) is 0 Å². The van der Waals surface area contributed by atoms with Crippen molar-refractivity contribution in [1.82, 2.24) is 5.43 Å². The SMILES string of the molecule is CCCC(CCC)C(C=C(C)C)NN. The number of nitrogens with one attached hydrogen (secondary N) is 1. The van der Waals surface area contributed by atoms with Gasteiger partial charge in [0.15, 0.2) is 0 Å². The first kappa shape index (κ1) is 13.7. The minimum Gasteiger partial charge on any atom is -0.271 e. The summed E-state index contributed by atoms with van der Waals surface area (Å²) in [5.74, 6) is 6.27. The first-order valence-electron chi connectivity index (χ1n) is 5.76. The van der Waals surface area contributed by atoms with Crippen molar-refractivity contribution in [1.29, 1.82) is 0 Å². The maximum atomic E-state index is 5.59. The molecule has 2 nitrogen and oxygen atoms in total. The van der Waals surface area contributed by atoms with Gasteiger partial charge in [0.1, 0.15) is 0 Å². The van der Waals surface area contributed by atoms with Crippen molar-refractivity contribution < 1.29 is 0 Å². The van der Waals surface area contributed by atoms with Crippen LogP contribution in [0, 0.1) is 5.92 Å². The fraction of sp³-hybridized carbons (Fsp3) is 0.833. The van der Waals surface area contributed by atoms with Crippen LogP contribution < -0.4 is 11.3 Å². The van der Waals surface area contributed by atoms with E-state index in [1.807, 2.05) is 0 Å². The lowest BCUT2D eigenvalue weighted by Gasteiger charge is -2.23. The average molecular weight is 198 g/mol. The summed E-state index contributed by atoms with van der Waals surface area (Å²) in [5.41, 5.74) is 4.26. The topological polar surface area (TPSA) is 38.0 Å². The molecule has 0 radical (unpaired) electrons. The van der Waals surface area contributed by atoms with E-state index >= 15 is 0 Å². The highest BCUT2D eigenvalue weighted by atomic mass is 15.2. The van der Waals surface area contributed by atoms with Crippen molar-refractivity contribution in [2.75, 3.05) is 0 Å². The van der Waals surface area contributed by atoms with Gasteiger partial charge in [-0.3, -0.25) is 11.3 Å². The van der Waals surface area contributed by atoms with Gasteiger partial charge in [-0.1, -0.05) is 38.3 Å². The third-order valence-electron chi connectivity index (χ3n) is 2.53. The molecule has 0 rings (SSSR count). The molecular weight excluding hydrogens is 172 g/mol. The number of hydrazine groups is 1. The monoisotopic (exact) mass is 198 g/mol. The van der Waals surface area contributed by atoms with Crippen LogP contribution in [0.3, 0.4) is 0 Å². The first-order chi connectivity index (χ1) is 6.65. The van der Waals surface area contributed by atoms with E-state index in [-0.39, 0.29) is 0 Å². The summed E-state index contributed by atoms with van der Waals surface area (Å²) in [6, 6.07) is 0.347. The van der Waals surface area contributed by atoms with Gasteiger partial charge in [-0.25, -0.2) is 0 Å². The third-order valence-corrected chi connectivity index (χ3v) is 2.53. The summed E-state index contributed by atoms with van der Waals surface area (Å²) in [4.78, 5) is 0. The molecule has 0 aliphatic carbocycles. The summed E-state index contributed by atoms with van der Waals surface area (Å²) < 4.78 is 0. The van der Waals surface area contributed by atoms with Crippen LogP contribution in [0.25, 0.3) is 0 Å². The van der Waals surface area contributed by atoms with Crippen molar-refractivity contribution in [3.63, 3.8) is 0 Å². The zero-order chi connectivity index (χ0) is 11.0. The lowest BCUT2D eigenvalue weighted by molar-refractivity contribution is 0.356. The molecule has 84 valence electrons. The second-order valence-electron chi connectivity index (χ2n) is 4.27. The molecule has 0 spiro atoms. The average Bonchev–Trinajstić information content (AvgIpc) is 2.13. The Balaban J connectivity index is 4.32. The normalized spacial score (nSPS) is 13.0. The molecule has 0 aromatic heterocycles. The molecule has 0 bridgehead atoms. The number of allylic oxidation sites excluding steroid dienone is 1. The zero-order valence-electron chi connectivity index (χ0n) is 10.1. The fourth-order valence-electron chi connectivity index (χ4n) is 1.92. The smallest absolute Gasteiger partial charge is 0.0421 e. The molecule has 0 aliphatic heterocycles. The van der Waals surface area contributed by atoms with Crippen LogP contribution in [0.2, 0.25) is 0 Å². The number of rotatable bonds is 7. The molecule has 0 amide bonds. The Bertz CT molecular complexity index is 154. The van der Waals surface area contributed by atoms with E-state index in [9.17, 15) is 0 Å². The third kappa shape index (κ3) is 5.40. The van der Waals surface area contributed by atoms with E-state index in [2.05, 4.69) is 39.2 Å². The van der Waals surface area contributed by atoms with Gasteiger partial charge in [-0.15, -0.1) is 0 Å². The van der Waals surface area contributed by atoms with Gasteiger partial charge in [-0.05, 0) is 32.6 Å². The highest BCUT2D eigenvalue weighted by Gasteiger charge is 2.16. The minimum atomic E-state index is 0.347. The van der Waals surface area contributed by atoms with Crippen LogP contribution in [-0.4, -0.2) is 6.04 Å². The van der Waals surface area contributed by atoms with Gasteiger partial charge < -0.3 is 0 Å². The van der Waals surface area contributed by atoms with Gasteiger partial charge in [0.2, 0.25) is 0 Å². The molecule has 0 fully saturated rings. The molecule has 1 atom stereocenters. The quantitative estimate of drug-likeness (QED) is 0.375. The zero-order valence-corrected chi connectivity index (χ0v) is 10.1. The molecule has 0 heterocycles. The molecule has 0 aliphatic rings. The van der Waals surface area contributed by atoms with Gasteiger partial charge in [0.05, 0.1) is 0 Å². The molecule has 0 saturated carbocycles. The largest absolute Gasteiger partial charge is 0.271 e. The Labute approximate surface area is 88.9 Å². The van der Waals surface area contributed by atoms with Gasteiger partial charge in [0.25, 0.3) is 0 Å². The summed E-state index contributed by atoms with van der Waals surface area (Å²) in [7, 11) is 0. The summed E-state index contributed by atoms with van der Waals surface area (Å²) in [6.45, 7) is 8.72. The Morgan fingerprint density at radius 3 is 2.00 bits per heavy atom. The Kier molecular flexibility index (Phi) is 7.81. The molecular formula is C12H26N2. The van der Waals surface area contributed by atoms with Crippen molar-refractivity contribution >= 4 is 0 Å². The maximum absolute atomic E-state index is 5.59. The molecule has 0 aromatic rings. The molecule has 3 N–H and O–H groups in total. The molecule has 1 unspecified atom stereocenters. The van der Waals surface area contributed by atoms with Crippen LogP contribution in [0.15, 0.2) is 11.6 Å². The van der Waals surface area contributed by atoms with Crippen LogP contribution in [0.5, 0.6) is 0 Å². The molecule has 2 heteroatoms. The van der Waals surface area contributed by atoms with E-state index < -0.39 is 0 Å². The standard InChI is InChI=1S/C12H26N2/c1-5-7-11(8-6-2)12(14-13)9-10(3)4/h9,11-12,14H,5-8,13H2,1-4H3. The lowest BCUT2D eigenvalue weighted by atomic mass is 9.90. The molecule has 0 aromatic carbocycles. The number of hydrogen-bond acceptors (Lipinski definition) is 2. The van der Waals surface area contributed by atoms with Crippen molar-refractivity contribution in [2.24, 2.45) is 11.8 Å². The first-order valence-corrected chi connectivity index (χ1v) is 5.76. The predicted molar refractivity (Wildman–Crippen MR) is 63.8 cm³/mol. The highest BCUT2D eigenvalue weighted by molar-refractivity contribution is 5.02. The van der Waals surface area contributed by atoms with E-state index in [0.29, 0.717) is 12.0 Å². The fourth-order valence-corrected chi connectivity index (χ4v) is 1.92. The van der Waals surface area contributed by atoms with Crippen LogP contribution >= 0.6 is 0 Å². The Morgan fingerprint density at radius 1 is 1.21 bits per heavy atom. The predicted octanol–water partition coefficient (Wildman–Crippen LogP) is 3.00. The van der Waals surface area contributed by atoms with E-state index in [1.54, 1.807) is 0 Å². The Hall–Kier alpha value is -0.340. The second kappa shape index (κ2) is 8.01. The minimum absolute atomic E-state index is 0.347. The molecule has 0 saturated heterocycles. The van der Waals surface area contributed by atoms with Gasteiger partial charge >= 0.3 is 0 Å². The van der Waals surface area contributed by atoms with Crippen molar-refractivity contribution in [2.45, 2.75) is 59.4 Å². The Morgan fingerprint density at radius 2 is 1.71 bits per heavy atom. The lowest BCUT2D eigenvalue weighted by Crippen LogP contribution is -2.39. The number of nitrogens with two attached hydrogens (primary N) is 1. The second-order valence-corrected chi connectivity index (χ2v) is 4.27.